The van der Waals surface area contributed by atoms with E-state index in [1.54, 1.807) is 0 Å². The van der Waals surface area contributed by atoms with E-state index in [-0.39, 0.29) is 23.5 Å². The number of Topliss-reactive ketones (excluding diaryl/α,β-unsaturated/α-hetero) is 1. The number of aromatic nitrogens is 1. The molecule has 2 aromatic rings. The molecule has 0 atom stereocenters. The highest BCUT2D eigenvalue weighted by molar-refractivity contribution is 6.16. The summed E-state index contributed by atoms with van der Waals surface area (Å²) in [7, 11) is 0. The van der Waals surface area contributed by atoms with Crippen LogP contribution in [0.15, 0.2) is 42.7 Å². The third-order valence-corrected chi connectivity index (χ3v) is 4.69. The molecule has 142 valence electrons. The molecular formula is C20H20F3N3O. The number of hydrogen-bond acceptors (Lipinski definition) is 4. The van der Waals surface area contributed by atoms with Crippen molar-refractivity contribution >= 4 is 17.2 Å². The van der Waals surface area contributed by atoms with Crippen molar-refractivity contribution in [1.82, 2.24) is 4.98 Å². The Morgan fingerprint density at radius 1 is 1.07 bits per heavy atom. The standard InChI is InChI=1S/C20H20F3N3O/c21-20(22,23)15-4-5-18(26-10-2-1-3-11-26)16(12-15)17(24)13-19(27)14-6-8-25-9-7-14/h4-9,12,24H,1-3,10-11,13H2. The smallest absolute Gasteiger partial charge is 0.371 e. The summed E-state index contributed by atoms with van der Waals surface area (Å²) in [5.74, 6) is -0.315. The first-order valence-corrected chi connectivity index (χ1v) is 8.83. The Morgan fingerprint density at radius 3 is 2.37 bits per heavy atom. The number of pyridine rings is 1. The number of alkyl halides is 3. The normalized spacial score (nSPS) is 14.9. The molecule has 2 heterocycles. The summed E-state index contributed by atoms with van der Waals surface area (Å²) in [6, 6.07) is 6.53. The Bertz CT molecular complexity index is 828. The van der Waals surface area contributed by atoms with E-state index in [9.17, 15) is 18.0 Å². The zero-order valence-electron chi connectivity index (χ0n) is 14.7. The summed E-state index contributed by atoms with van der Waals surface area (Å²) in [6.07, 6.45) is 1.20. The average molecular weight is 375 g/mol. The first-order valence-electron chi connectivity index (χ1n) is 8.83. The van der Waals surface area contributed by atoms with Crippen molar-refractivity contribution < 1.29 is 18.0 Å². The lowest BCUT2D eigenvalue weighted by Crippen LogP contribution is -2.31. The van der Waals surface area contributed by atoms with Gasteiger partial charge in [-0.25, -0.2) is 0 Å². The highest BCUT2D eigenvalue weighted by Gasteiger charge is 2.32. The SMILES string of the molecule is N=C(CC(=O)c1ccncc1)c1cc(C(F)(F)F)ccc1N1CCCCC1. The maximum Gasteiger partial charge on any atom is 0.416 e. The summed E-state index contributed by atoms with van der Waals surface area (Å²) in [5, 5.41) is 8.34. The van der Waals surface area contributed by atoms with Gasteiger partial charge >= 0.3 is 6.18 Å². The van der Waals surface area contributed by atoms with Crippen LogP contribution in [0, 0.1) is 5.41 Å². The maximum atomic E-state index is 13.2. The summed E-state index contributed by atoms with van der Waals surface area (Å²) in [4.78, 5) is 18.2. The van der Waals surface area contributed by atoms with Crippen LogP contribution >= 0.6 is 0 Å². The van der Waals surface area contributed by atoms with Gasteiger partial charge in [0.2, 0.25) is 0 Å². The molecule has 27 heavy (non-hydrogen) atoms. The van der Waals surface area contributed by atoms with Crippen LogP contribution in [0.1, 0.15) is 47.2 Å². The minimum Gasteiger partial charge on any atom is -0.371 e. The van der Waals surface area contributed by atoms with Crippen LogP contribution in [-0.4, -0.2) is 29.6 Å². The third kappa shape index (κ3) is 4.53. The molecule has 0 amide bonds. The van der Waals surface area contributed by atoms with Gasteiger partial charge in [-0.05, 0) is 49.6 Å². The lowest BCUT2D eigenvalue weighted by molar-refractivity contribution is -0.137. The molecule has 1 aromatic heterocycles. The lowest BCUT2D eigenvalue weighted by atomic mass is 9.96. The molecule has 1 aliphatic rings. The minimum absolute atomic E-state index is 0.108. The molecule has 0 radical (unpaired) electrons. The number of anilines is 1. The first-order chi connectivity index (χ1) is 12.9. The minimum atomic E-state index is -4.50. The zero-order chi connectivity index (χ0) is 19.4. The van der Waals surface area contributed by atoms with Crippen molar-refractivity contribution in [1.29, 1.82) is 5.41 Å². The summed E-state index contributed by atoms with van der Waals surface area (Å²) < 4.78 is 39.5. The third-order valence-electron chi connectivity index (χ3n) is 4.69. The number of hydrogen-bond donors (Lipinski definition) is 1. The van der Waals surface area contributed by atoms with Crippen LogP contribution in [0.4, 0.5) is 18.9 Å². The van der Waals surface area contributed by atoms with E-state index in [2.05, 4.69) is 4.98 Å². The average Bonchev–Trinajstić information content (AvgIpc) is 2.68. The number of nitrogens with one attached hydrogen (secondary N) is 1. The van der Waals surface area contributed by atoms with Crippen LogP contribution in [0.5, 0.6) is 0 Å². The highest BCUT2D eigenvalue weighted by Crippen LogP contribution is 2.34. The quantitative estimate of drug-likeness (QED) is 0.607. The Labute approximate surface area is 155 Å². The van der Waals surface area contributed by atoms with E-state index in [0.29, 0.717) is 11.3 Å². The van der Waals surface area contributed by atoms with Crippen molar-refractivity contribution in [2.75, 3.05) is 18.0 Å². The van der Waals surface area contributed by atoms with Gasteiger partial charge in [0.25, 0.3) is 0 Å². The highest BCUT2D eigenvalue weighted by atomic mass is 19.4. The van der Waals surface area contributed by atoms with E-state index in [4.69, 9.17) is 5.41 Å². The fourth-order valence-corrected chi connectivity index (χ4v) is 3.26. The second kappa shape index (κ2) is 7.90. The predicted octanol–water partition coefficient (Wildman–Crippen LogP) is 4.73. The van der Waals surface area contributed by atoms with Gasteiger partial charge < -0.3 is 10.3 Å². The Hall–Kier alpha value is -2.70. The van der Waals surface area contributed by atoms with Crippen molar-refractivity contribution in [2.24, 2.45) is 0 Å². The lowest BCUT2D eigenvalue weighted by Gasteiger charge is -2.31. The largest absolute Gasteiger partial charge is 0.416 e. The molecule has 1 N–H and O–H groups in total. The molecule has 0 bridgehead atoms. The number of rotatable bonds is 5. The monoisotopic (exact) mass is 375 g/mol. The number of ketones is 1. The molecule has 1 aliphatic heterocycles. The number of nitrogens with zero attached hydrogens (tertiary/aromatic N) is 2. The zero-order valence-corrected chi connectivity index (χ0v) is 14.7. The molecule has 0 spiro atoms. The van der Waals surface area contributed by atoms with Crippen LogP contribution in [0.25, 0.3) is 0 Å². The molecule has 0 unspecified atom stereocenters. The number of carbonyl (C=O) groups excluding carboxylic acids is 1. The number of piperidine rings is 1. The number of benzene rings is 1. The van der Waals surface area contributed by atoms with Gasteiger partial charge in [0.1, 0.15) is 0 Å². The topological polar surface area (TPSA) is 57.1 Å². The Balaban J connectivity index is 1.92. The van der Waals surface area contributed by atoms with Gasteiger partial charge in [0, 0.05) is 48.0 Å². The molecule has 0 aliphatic carbocycles. The van der Waals surface area contributed by atoms with E-state index >= 15 is 0 Å². The van der Waals surface area contributed by atoms with Crippen LogP contribution in [0.3, 0.4) is 0 Å². The molecule has 1 fully saturated rings. The second-order valence-electron chi connectivity index (χ2n) is 6.59. The second-order valence-corrected chi connectivity index (χ2v) is 6.59. The van der Waals surface area contributed by atoms with Crippen molar-refractivity contribution in [2.45, 2.75) is 31.9 Å². The van der Waals surface area contributed by atoms with Crippen LogP contribution < -0.4 is 4.90 Å². The fraction of sp³-hybridized carbons (Fsp3) is 0.350. The van der Waals surface area contributed by atoms with Gasteiger partial charge in [-0.2, -0.15) is 13.2 Å². The molecule has 0 saturated carbocycles. The Morgan fingerprint density at radius 2 is 1.74 bits per heavy atom. The number of halogens is 3. The first kappa shape index (κ1) is 19.1. The van der Waals surface area contributed by atoms with E-state index in [1.807, 2.05) is 4.90 Å². The molecule has 1 saturated heterocycles. The van der Waals surface area contributed by atoms with Gasteiger partial charge in [0.15, 0.2) is 5.78 Å². The van der Waals surface area contributed by atoms with Crippen LogP contribution in [0.2, 0.25) is 0 Å². The Kier molecular flexibility index (Phi) is 5.58. The van der Waals surface area contributed by atoms with Crippen molar-refractivity contribution in [3.8, 4) is 0 Å². The fourth-order valence-electron chi connectivity index (χ4n) is 3.26. The van der Waals surface area contributed by atoms with Crippen molar-refractivity contribution in [3.63, 3.8) is 0 Å². The summed E-state index contributed by atoms with van der Waals surface area (Å²) in [5.41, 5.74) is 0.244. The molecule has 3 rings (SSSR count). The van der Waals surface area contributed by atoms with Gasteiger partial charge in [-0.3, -0.25) is 9.78 Å². The van der Waals surface area contributed by atoms with Gasteiger partial charge in [-0.1, -0.05) is 0 Å². The van der Waals surface area contributed by atoms with Gasteiger partial charge in [-0.15, -0.1) is 0 Å². The van der Waals surface area contributed by atoms with E-state index in [1.165, 1.54) is 30.6 Å². The molecular weight excluding hydrogens is 355 g/mol. The molecule has 1 aromatic carbocycles. The van der Waals surface area contributed by atoms with Gasteiger partial charge in [0.05, 0.1) is 12.0 Å². The van der Waals surface area contributed by atoms with Crippen molar-refractivity contribution in [3.05, 3.63) is 59.4 Å². The molecule has 7 heteroatoms. The van der Waals surface area contributed by atoms with E-state index in [0.717, 1.165) is 44.5 Å². The summed E-state index contributed by atoms with van der Waals surface area (Å²) in [6.45, 7) is 1.48. The van der Waals surface area contributed by atoms with E-state index < -0.39 is 11.7 Å². The summed E-state index contributed by atoms with van der Waals surface area (Å²) >= 11 is 0. The maximum absolute atomic E-state index is 13.2. The predicted molar refractivity (Wildman–Crippen MR) is 97.5 cm³/mol. The molecule has 4 nitrogen and oxygen atoms in total. The number of carbonyl (C=O) groups is 1. The van der Waals surface area contributed by atoms with Crippen LogP contribution in [-0.2, 0) is 6.18 Å².